The zero-order valence-corrected chi connectivity index (χ0v) is 24.6. The number of hydrogen-bond donors (Lipinski definition) is 3. The van der Waals surface area contributed by atoms with Gasteiger partial charge in [-0.3, -0.25) is 9.52 Å². The van der Waals surface area contributed by atoms with Gasteiger partial charge in [0.25, 0.3) is 15.9 Å². The quantitative estimate of drug-likeness (QED) is 0.220. The second-order valence-corrected chi connectivity index (χ2v) is 13.9. The van der Waals surface area contributed by atoms with Gasteiger partial charge in [0, 0.05) is 16.9 Å². The first kappa shape index (κ1) is 26.8. The third kappa shape index (κ3) is 4.75. The Morgan fingerprint density at radius 2 is 1.62 bits per heavy atom. The summed E-state index contributed by atoms with van der Waals surface area (Å²) < 4.78 is 28.6. The van der Waals surface area contributed by atoms with Crippen molar-refractivity contribution in [2.45, 2.75) is 50.0 Å². The number of sulfonamides is 1. The molecule has 0 unspecified atom stereocenters. The second kappa shape index (κ2) is 10.3. The molecule has 5 atom stereocenters. The van der Waals surface area contributed by atoms with Gasteiger partial charge in [0.15, 0.2) is 0 Å². The van der Waals surface area contributed by atoms with Gasteiger partial charge in [-0.05, 0) is 122 Å². The summed E-state index contributed by atoms with van der Waals surface area (Å²) in [5.41, 5.74) is 7.35. The van der Waals surface area contributed by atoms with Crippen LogP contribution in [0.1, 0.15) is 63.8 Å². The smallest absolute Gasteiger partial charge is 0.261 e. The van der Waals surface area contributed by atoms with Crippen LogP contribution in [0.5, 0.6) is 0 Å². The van der Waals surface area contributed by atoms with E-state index in [1.165, 1.54) is 42.5 Å². The summed E-state index contributed by atoms with van der Waals surface area (Å²) in [5, 5.41) is 6.80. The molecule has 1 amide bonds. The lowest BCUT2D eigenvalue weighted by Gasteiger charge is -2.43. The molecule has 0 spiro atoms. The van der Waals surface area contributed by atoms with Crippen molar-refractivity contribution in [1.82, 2.24) is 0 Å². The molecule has 2 saturated carbocycles. The van der Waals surface area contributed by atoms with E-state index in [0.717, 1.165) is 16.8 Å². The van der Waals surface area contributed by atoms with Crippen molar-refractivity contribution in [3.8, 4) is 0 Å². The lowest BCUT2D eigenvalue weighted by Crippen LogP contribution is -2.35. The van der Waals surface area contributed by atoms with Crippen molar-refractivity contribution in [1.29, 1.82) is 0 Å². The number of rotatable bonds is 6. The first-order valence-corrected chi connectivity index (χ1v) is 16.2. The Balaban J connectivity index is 1.10. The lowest BCUT2D eigenvalue weighted by molar-refractivity contribution is 0.102. The zero-order valence-electron chi connectivity index (χ0n) is 23.8. The molecule has 0 radical (unpaired) electrons. The molecule has 0 saturated heterocycles. The maximum Gasteiger partial charge on any atom is 0.261 e. The normalized spacial score (nSPS) is 23.9. The first-order valence-electron chi connectivity index (χ1n) is 14.7. The van der Waals surface area contributed by atoms with Gasteiger partial charge in [0.1, 0.15) is 0 Å². The highest BCUT2D eigenvalue weighted by Crippen LogP contribution is 2.63. The summed E-state index contributed by atoms with van der Waals surface area (Å²) >= 11 is 0. The van der Waals surface area contributed by atoms with E-state index < -0.39 is 10.0 Å². The largest absolute Gasteiger partial charge is 0.378 e. The first-order chi connectivity index (χ1) is 20.3. The van der Waals surface area contributed by atoms with Crippen LogP contribution in [-0.4, -0.2) is 14.3 Å². The maximum atomic E-state index is 13.4. The van der Waals surface area contributed by atoms with Crippen molar-refractivity contribution in [2.75, 3.05) is 15.4 Å². The fourth-order valence-electron chi connectivity index (χ4n) is 7.67. The summed E-state index contributed by atoms with van der Waals surface area (Å²) in [5.74, 6) is 2.15. The summed E-state index contributed by atoms with van der Waals surface area (Å²) in [6, 6.07) is 28.9. The zero-order chi connectivity index (χ0) is 29.0. The van der Waals surface area contributed by atoms with Gasteiger partial charge in [-0.25, -0.2) is 8.42 Å². The number of nitrogens with one attached hydrogen (secondary N) is 3. The molecule has 4 aromatic carbocycles. The van der Waals surface area contributed by atoms with Crippen LogP contribution < -0.4 is 15.4 Å². The molecule has 7 rings (SSSR count). The van der Waals surface area contributed by atoms with Crippen LogP contribution in [0.4, 0.5) is 17.1 Å². The van der Waals surface area contributed by atoms with E-state index in [0.29, 0.717) is 40.6 Å². The van der Waals surface area contributed by atoms with Gasteiger partial charge >= 0.3 is 0 Å². The van der Waals surface area contributed by atoms with Crippen LogP contribution in [-0.2, 0) is 10.0 Å². The topological polar surface area (TPSA) is 87.3 Å². The molecule has 3 aliphatic rings. The Bertz CT molecular complexity index is 1770. The van der Waals surface area contributed by atoms with Crippen LogP contribution in [0.3, 0.4) is 0 Å². The van der Waals surface area contributed by atoms with Gasteiger partial charge in [0.2, 0.25) is 0 Å². The van der Waals surface area contributed by atoms with Crippen molar-refractivity contribution >= 4 is 33.0 Å². The third-order valence-electron chi connectivity index (χ3n) is 9.56. The molecule has 2 aliphatic carbocycles. The fourth-order valence-corrected chi connectivity index (χ4v) is 8.80. The Morgan fingerprint density at radius 3 is 2.38 bits per heavy atom. The third-order valence-corrected chi connectivity index (χ3v) is 10.9. The molecule has 2 bridgehead atoms. The van der Waals surface area contributed by atoms with E-state index in [4.69, 9.17) is 0 Å². The molecule has 0 aromatic heterocycles. The van der Waals surface area contributed by atoms with Crippen molar-refractivity contribution in [3.63, 3.8) is 0 Å². The number of aryl methyl sites for hydroxylation is 2. The molecule has 42 heavy (non-hydrogen) atoms. The molecule has 3 N–H and O–H groups in total. The molecule has 214 valence electrons. The summed E-state index contributed by atoms with van der Waals surface area (Å²) in [4.78, 5) is 13.5. The minimum Gasteiger partial charge on any atom is -0.378 e. The maximum absolute atomic E-state index is 13.4. The van der Waals surface area contributed by atoms with Crippen LogP contribution in [0.15, 0.2) is 95.9 Å². The number of carbonyl (C=O) groups is 1. The molecule has 7 heteroatoms. The lowest BCUT2D eigenvalue weighted by atomic mass is 9.68. The number of carbonyl (C=O) groups excluding carboxylic acids is 1. The van der Waals surface area contributed by atoms with Gasteiger partial charge in [-0.15, -0.1) is 0 Å². The molecular weight excluding hydrogens is 542 g/mol. The number of anilines is 3. The highest BCUT2D eigenvalue weighted by molar-refractivity contribution is 7.92. The number of amides is 1. The molecule has 6 nitrogen and oxygen atoms in total. The second-order valence-electron chi connectivity index (χ2n) is 12.2. The monoisotopic (exact) mass is 577 g/mol. The highest BCUT2D eigenvalue weighted by atomic mass is 32.2. The number of benzene rings is 4. The number of hydrogen-bond acceptors (Lipinski definition) is 4. The summed E-state index contributed by atoms with van der Waals surface area (Å²) in [6.07, 6.45) is 3.82. The number of fused-ring (bicyclic) bond motifs is 7. The molecule has 1 aliphatic heterocycles. The highest BCUT2D eigenvalue weighted by Gasteiger charge is 2.53. The van der Waals surface area contributed by atoms with E-state index in [9.17, 15) is 13.2 Å². The van der Waals surface area contributed by atoms with E-state index in [1.54, 1.807) is 18.2 Å². The SMILES string of the molecule is Cc1ccc(NS(=O)(=O)c2ccc(NC(=O)c3ccc4c(c3)[C@@H]3[C@H]5CC[C@@H](C5)[C@H]3[C@H](c3ccccc3)N4)cc2)c(C)c1. The van der Waals surface area contributed by atoms with Crippen LogP contribution in [0, 0.1) is 31.6 Å². The fraction of sp³-hybridized carbons (Fsp3) is 0.286. The van der Waals surface area contributed by atoms with Crippen LogP contribution in [0.25, 0.3) is 0 Å². The van der Waals surface area contributed by atoms with Crippen molar-refractivity contribution in [3.05, 3.63) is 119 Å². The minimum absolute atomic E-state index is 0.135. The minimum atomic E-state index is -3.76. The van der Waals surface area contributed by atoms with E-state index in [-0.39, 0.29) is 16.8 Å². The van der Waals surface area contributed by atoms with Crippen LogP contribution in [0.2, 0.25) is 0 Å². The average Bonchev–Trinajstić information content (AvgIpc) is 3.62. The Kier molecular flexibility index (Phi) is 6.58. The Morgan fingerprint density at radius 1 is 0.857 bits per heavy atom. The summed E-state index contributed by atoms with van der Waals surface area (Å²) in [7, 11) is -3.76. The standard InChI is InChI=1S/C35H35N3O3S/c1-21-8-16-30(22(2)18-21)38-42(40,41)28-14-12-27(13-15-28)36-35(39)26-11-17-31-29(20-26)32-24-9-10-25(19-24)33(32)34(37-31)23-6-4-3-5-7-23/h3-8,11-18,20,24-25,32-34,37-38H,9-10,19H2,1-2H3,(H,36,39)/t24-,25-,32-,33+,34-/m0/s1. The molecule has 4 aromatic rings. The Hall–Kier alpha value is -4.10. The predicted octanol–water partition coefficient (Wildman–Crippen LogP) is 7.65. The van der Waals surface area contributed by atoms with E-state index in [2.05, 4.69) is 57.8 Å². The van der Waals surface area contributed by atoms with Gasteiger partial charge < -0.3 is 10.6 Å². The predicted molar refractivity (Wildman–Crippen MR) is 167 cm³/mol. The van der Waals surface area contributed by atoms with E-state index >= 15 is 0 Å². The van der Waals surface area contributed by atoms with E-state index in [1.807, 2.05) is 32.0 Å². The van der Waals surface area contributed by atoms with Gasteiger partial charge in [-0.2, -0.15) is 0 Å². The molecule has 2 fully saturated rings. The van der Waals surface area contributed by atoms with Crippen molar-refractivity contribution in [2.24, 2.45) is 17.8 Å². The average molecular weight is 578 g/mol. The van der Waals surface area contributed by atoms with Crippen molar-refractivity contribution < 1.29 is 13.2 Å². The van der Waals surface area contributed by atoms with Crippen LogP contribution >= 0.6 is 0 Å². The molecular formula is C35H35N3O3S. The molecule has 1 heterocycles. The Labute approximate surface area is 247 Å². The summed E-state index contributed by atoms with van der Waals surface area (Å²) in [6.45, 7) is 3.84. The van der Waals surface area contributed by atoms with Gasteiger partial charge in [0.05, 0.1) is 16.6 Å². The van der Waals surface area contributed by atoms with Gasteiger partial charge in [-0.1, -0.05) is 48.0 Å².